The third-order valence-corrected chi connectivity index (χ3v) is 4.85. The predicted octanol–water partition coefficient (Wildman–Crippen LogP) is 4.48. The van der Waals surface area contributed by atoms with Gasteiger partial charge < -0.3 is 14.7 Å². The van der Waals surface area contributed by atoms with Gasteiger partial charge in [0.1, 0.15) is 6.61 Å². The molecule has 3 rings (SSSR count). The summed E-state index contributed by atoms with van der Waals surface area (Å²) in [5, 5.41) is 11.0. The zero-order chi connectivity index (χ0) is 18.0. The van der Waals surface area contributed by atoms with Crippen LogP contribution in [0.25, 0.3) is 11.1 Å². The van der Waals surface area contributed by atoms with Gasteiger partial charge in [0.2, 0.25) is 5.91 Å². The lowest BCUT2D eigenvalue weighted by Gasteiger charge is -2.23. The van der Waals surface area contributed by atoms with E-state index in [9.17, 15) is 9.90 Å². The van der Waals surface area contributed by atoms with Gasteiger partial charge in [-0.3, -0.25) is 4.79 Å². The molecule has 25 heavy (non-hydrogen) atoms. The summed E-state index contributed by atoms with van der Waals surface area (Å²) >= 11 is 6.08. The van der Waals surface area contributed by atoms with Gasteiger partial charge in [0.25, 0.3) is 0 Å². The van der Waals surface area contributed by atoms with E-state index in [1.54, 1.807) is 11.0 Å². The van der Waals surface area contributed by atoms with Gasteiger partial charge in [0, 0.05) is 23.0 Å². The number of hydrogen-bond donors (Lipinski definition) is 1. The van der Waals surface area contributed by atoms with Gasteiger partial charge in [-0.1, -0.05) is 37.6 Å². The fraction of sp³-hybridized carbons (Fsp3) is 0.350. The summed E-state index contributed by atoms with van der Waals surface area (Å²) in [5.74, 6) is 0.647. The van der Waals surface area contributed by atoms with Gasteiger partial charge in [-0.05, 0) is 41.8 Å². The van der Waals surface area contributed by atoms with Crippen molar-refractivity contribution in [1.29, 1.82) is 0 Å². The smallest absolute Gasteiger partial charge is 0.225 e. The summed E-state index contributed by atoms with van der Waals surface area (Å²) in [4.78, 5) is 14.4. The molecule has 1 aliphatic rings. The molecule has 0 saturated carbocycles. The Morgan fingerprint density at radius 2 is 2.12 bits per heavy atom. The van der Waals surface area contributed by atoms with E-state index in [-0.39, 0.29) is 17.6 Å². The Balaban J connectivity index is 1.98. The molecule has 132 valence electrons. The lowest BCUT2D eigenvalue weighted by atomic mass is 10.0. The molecule has 1 amide bonds. The maximum absolute atomic E-state index is 12.6. The number of halogens is 1. The molecule has 1 N–H and O–H groups in total. The van der Waals surface area contributed by atoms with Gasteiger partial charge >= 0.3 is 0 Å². The predicted molar refractivity (Wildman–Crippen MR) is 98.9 cm³/mol. The second kappa shape index (κ2) is 7.36. The normalized spacial score (nSPS) is 15.1. The van der Waals surface area contributed by atoms with Crippen molar-refractivity contribution >= 4 is 17.5 Å². The topological polar surface area (TPSA) is 49.8 Å². The van der Waals surface area contributed by atoms with Crippen LogP contribution in [0.1, 0.15) is 25.8 Å². The van der Waals surface area contributed by atoms with Crippen molar-refractivity contribution in [3.05, 3.63) is 47.0 Å². The molecule has 0 unspecified atom stereocenters. The average molecular weight is 360 g/mol. The molecule has 4 nitrogen and oxygen atoms in total. The standard InChI is InChI=1S/C20H22ClNO3/c1-3-13(2)20(24)22-7-8-25-19-16(12-22)9-15(11-18(19)23)14-5-4-6-17(21)10-14/h4-6,9-11,13,23H,3,7-8,12H2,1-2H3/t13-/m0/s1. The van der Waals surface area contributed by atoms with E-state index in [0.29, 0.717) is 30.5 Å². The summed E-state index contributed by atoms with van der Waals surface area (Å²) < 4.78 is 5.72. The molecular formula is C20H22ClNO3. The van der Waals surface area contributed by atoms with Crippen LogP contribution in [0, 0.1) is 5.92 Å². The largest absolute Gasteiger partial charge is 0.504 e. The number of benzene rings is 2. The summed E-state index contributed by atoms with van der Waals surface area (Å²) in [6.07, 6.45) is 0.802. The third-order valence-electron chi connectivity index (χ3n) is 4.62. The minimum Gasteiger partial charge on any atom is -0.504 e. The monoisotopic (exact) mass is 359 g/mol. The SMILES string of the molecule is CC[C@H](C)C(=O)N1CCOc2c(O)cc(-c3cccc(Cl)c3)cc2C1. The minimum absolute atomic E-state index is 0.0220. The zero-order valence-corrected chi connectivity index (χ0v) is 15.2. The second-order valence-electron chi connectivity index (χ2n) is 6.41. The van der Waals surface area contributed by atoms with Crippen molar-refractivity contribution in [2.75, 3.05) is 13.2 Å². The Morgan fingerprint density at radius 3 is 2.84 bits per heavy atom. The number of amides is 1. The first-order chi connectivity index (χ1) is 12.0. The lowest BCUT2D eigenvalue weighted by Crippen LogP contribution is -2.36. The Morgan fingerprint density at radius 1 is 1.32 bits per heavy atom. The maximum Gasteiger partial charge on any atom is 0.225 e. The van der Waals surface area contributed by atoms with Gasteiger partial charge in [-0.2, -0.15) is 0 Å². The zero-order valence-electron chi connectivity index (χ0n) is 14.5. The molecule has 0 spiro atoms. The number of phenolic OH excluding ortho intramolecular Hbond substituents is 1. The first-order valence-electron chi connectivity index (χ1n) is 8.53. The molecule has 2 aromatic rings. The number of ether oxygens (including phenoxy) is 1. The number of carbonyl (C=O) groups is 1. The summed E-state index contributed by atoms with van der Waals surface area (Å²) in [5.41, 5.74) is 2.57. The van der Waals surface area contributed by atoms with Crippen LogP contribution in [-0.2, 0) is 11.3 Å². The number of fused-ring (bicyclic) bond motifs is 1. The Labute approximate surface area is 153 Å². The lowest BCUT2D eigenvalue weighted by molar-refractivity contribution is -0.135. The van der Waals surface area contributed by atoms with Crippen LogP contribution in [0.4, 0.5) is 0 Å². The van der Waals surface area contributed by atoms with Crippen LogP contribution >= 0.6 is 11.6 Å². The average Bonchev–Trinajstić information content (AvgIpc) is 2.83. The highest BCUT2D eigenvalue weighted by atomic mass is 35.5. The number of phenols is 1. The Hall–Kier alpha value is -2.20. The highest BCUT2D eigenvalue weighted by Crippen LogP contribution is 2.38. The maximum atomic E-state index is 12.6. The van der Waals surface area contributed by atoms with Crippen LogP contribution < -0.4 is 4.74 Å². The summed E-state index contributed by atoms with van der Waals surface area (Å²) in [6.45, 7) is 5.27. The van der Waals surface area contributed by atoms with Crippen LogP contribution in [0.3, 0.4) is 0 Å². The molecule has 2 aromatic carbocycles. The van der Waals surface area contributed by atoms with Gasteiger partial charge in [-0.15, -0.1) is 0 Å². The van der Waals surface area contributed by atoms with Gasteiger partial charge in [0.05, 0.1) is 6.54 Å². The first kappa shape index (κ1) is 17.6. The van der Waals surface area contributed by atoms with Crippen LogP contribution in [-0.4, -0.2) is 29.1 Å². The molecule has 1 aliphatic heterocycles. The van der Waals surface area contributed by atoms with Crippen molar-refractivity contribution in [2.45, 2.75) is 26.8 Å². The molecular weight excluding hydrogens is 338 g/mol. The molecule has 0 fully saturated rings. The van der Waals surface area contributed by atoms with Crippen LogP contribution in [0.15, 0.2) is 36.4 Å². The molecule has 1 atom stereocenters. The molecule has 1 heterocycles. The molecule has 0 radical (unpaired) electrons. The van der Waals surface area contributed by atoms with E-state index >= 15 is 0 Å². The number of hydrogen-bond acceptors (Lipinski definition) is 3. The van der Waals surface area contributed by atoms with Crippen LogP contribution in [0.5, 0.6) is 11.5 Å². The fourth-order valence-corrected chi connectivity index (χ4v) is 3.20. The van der Waals surface area contributed by atoms with Crippen LogP contribution in [0.2, 0.25) is 5.02 Å². The summed E-state index contributed by atoms with van der Waals surface area (Å²) in [7, 11) is 0. The van der Waals surface area contributed by atoms with Crippen molar-refractivity contribution in [3.8, 4) is 22.6 Å². The van der Waals surface area contributed by atoms with E-state index in [2.05, 4.69) is 0 Å². The quantitative estimate of drug-likeness (QED) is 0.879. The Bertz CT molecular complexity index is 791. The number of rotatable bonds is 3. The van der Waals surface area contributed by atoms with E-state index < -0.39 is 0 Å². The molecule has 5 heteroatoms. The van der Waals surface area contributed by atoms with Gasteiger partial charge in [0.15, 0.2) is 11.5 Å². The first-order valence-corrected chi connectivity index (χ1v) is 8.90. The summed E-state index contributed by atoms with van der Waals surface area (Å²) in [6, 6.07) is 11.1. The van der Waals surface area contributed by atoms with E-state index in [1.165, 1.54) is 0 Å². The minimum atomic E-state index is -0.0220. The van der Waals surface area contributed by atoms with E-state index in [4.69, 9.17) is 16.3 Å². The second-order valence-corrected chi connectivity index (χ2v) is 6.85. The van der Waals surface area contributed by atoms with Crippen molar-refractivity contribution in [2.24, 2.45) is 5.92 Å². The van der Waals surface area contributed by atoms with Crippen molar-refractivity contribution < 1.29 is 14.6 Å². The molecule has 0 aliphatic carbocycles. The number of aromatic hydroxyl groups is 1. The van der Waals surface area contributed by atoms with E-state index in [0.717, 1.165) is 23.1 Å². The highest BCUT2D eigenvalue weighted by molar-refractivity contribution is 6.30. The van der Waals surface area contributed by atoms with E-state index in [1.807, 2.05) is 44.2 Å². The fourth-order valence-electron chi connectivity index (χ4n) is 3.01. The highest BCUT2D eigenvalue weighted by Gasteiger charge is 2.25. The van der Waals surface area contributed by atoms with Gasteiger partial charge in [-0.25, -0.2) is 0 Å². The molecule has 0 saturated heterocycles. The number of nitrogens with zero attached hydrogens (tertiary/aromatic N) is 1. The van der Waals surface area contributed by atoms with Crippen molar-refractivity contribution in [1.82, 2.24) is 4.90 Å². The molecule has 0 bridgehead atoms. The molecule has 0 aromatic heterocycles. The third kappa shape index (κ3) is 3.74. The number of carbonyl (C=O) groups excluding carboxylic acids is 1. The van der Waals surface area contributed by atoms with Crippen molar-refractivity contribution in [3.63, 3.8) is 0 Å². The Kier molecular flexibility index (Phi) is 5.19.